The topological polar surface area (TPSA) is 80.0 Å². The summed E-state index contributed by atoms with van der Waals surface area (Å²) in [5.41, 5.74) is 1.73. The number of nitrogens with one attached hydrogen (secondary N) is 1. The maximum absolute atomic E-state index is 11.0. The summed E-state index contributed by atoms with van der Waals surface area (Å²) in [5, 5.41) is 12.3. The molecule has 2 aromatic heterocycles. The SMILES string of the molecule is Cn1cnc2c(NCC3(CC(=O)O)CCC3)nccc21. The molecule has 20 heavy (non-hydrogen) atoms. The van der Waals surface area contributed by atoms with Gasteiger partial charge in [-0.05, 0) is 24.3 Å². The number of nitrogens with zero attached hydrogens (tertiary/aromatic N) is 3. The lowest BCUT2D eigenvalue weighted by Crippen LogP contribution is -2.38. The van der Waals surface area contributed by atoms with Crippen LogP contribution >= 0.6 is 0 Å². The summed E-state index contributed by atoms with van der Waals surface area (Å²) in [6.45, 7) is 0.641. The van der Waals surface area contributed by atoms with E-state index in [-0.39, 0.29) is 11.8 Å². The van der Waals surface area contributed by atoms with Gasteiger partial charge in [-0.1, -0.05) is 6.42 Å². The van der Waals surface area contributed by atoms with E-state index in [9.17, 15) is 4.79 Å². The first-order chi connectivity index (χ1) is 9.60. The predicted octanol–water partition coefficient (Wildman–Crippen LogP) is 2.03. The van der Waals surface area contributed by atoms with Crippen LogP contribution in [0.25, 0.3) is 11.0 Å². The molecule has 1 aliphatic rings. The number of fused-ring (bicyclic) bond motifs is 1. The molecule has 1 aliphatic carbocycles. The monoisotopic (exact) mass is 274 g/mol. The Kier molecular flexibility index (Phi) is 3.08. The number of carboxylic acids is 1. The molecule has 0 aromatic carbocycles. The van der Waals surface area contributed by atoms with E-state index in [2.05, 4.69) is 15.3 Å². The second-order valence-corrected chi connectivity index (χ2v) is 5.66. The number of aromatic nitrogens is 3. The fraction of sp³-hybridized carbons (Fsp3) is 0.500. The van der Waals surface area contributed by atoms with Crippen LogP contribution in [0.5, 0.6) is 0 Å². The zero-order valence-corrected chi connectivity index (χ0v) is 11.5. The second-order valence-electron chi connectivity index (χ2n) is 5.66. The van der Waals surface area contributed by atoms with E-state index < -0.39 is 5.97 Å². The summed E-state index contributed by atoms with van der Waals surface area (Å²) < 4.78 is 1.94. The molecular weight excluding hydrogens is 256 g/mol. The molecule has 0 bridgehead atoms. The molecule has 0 spiro atoms. The molecule has 1 fully saturated rings. The minimum atomic E-state index is -0.726. The number of pyridine rings is 1. The fourth-order valence-electron chi connectivity index (χ4n) is 2.88. The van der Waals surface area contributed by atoms with Gasteiger partial charge in [0.25, 0.3) is 0 Å². The molecule has 2 heterocycles. The number of aliphatic carboxylic acids is 1. The standard InChI is InChI=1S/C14H18N4O2/c1-18-9-17-12-10(18)3-6-15-13(12)16-8-14(4-2-5-14)7-11(19)20/h3,6,9H,2,4-5,7-8H2,1H3,(H,15,16)(H,19,20). The third-order valence-electron chi connectivity index (χ3n) is 4.21. The van der Waals surface area contributed by atoms with Gasteiger partial charge in [0.15, 0.2) is 5.82 Å². The van der Waals surface area contributed by atoms with Crippen LogP contribution in [-0.2, 0) is 11.8 Å². The normalized spacial score (nSPS) is 16.9. The molecule has 2 aromatic rings. The highest BCUT2D eigenvalue weighted by Gasteiger charge is 2.38. The zero-order chi connectivity index (χ0) is 14.2. The van der Waals surface area contributed by atoms with E-state index in [1.54, 1.807) is 12.5 Å². The Labute approximate surface area is 116 Å². The summed E-state index contributed by atoms with van der Waals surface area (Å²) in [4.78, 5) is 19.6. The second kappa shape index (κ2) is 4.77. The number of carboxylic acid groups (broad SMARTS) is 1. The lowest BCUT2D eigenvalue weighted by Gasteiger charge is -2.41. The highest BCUT2D eigenvalue weighted by molar-refractivity contribution is 5.85. The van der Waals surface area contributed by atoms with Crippen molar-refractivity contribution in [3.63, 3.8) is 0 Å². The maximum Gasteiger partial charge on any atom is 0.303 e. The van der Waals surface area contributed by atoms with E-state index >= 15 is 0 Å². The Morgan fingerprint density at radius 3 is 2.95 bits per heavy atom. The summed E-state index contributed by atoms with van der Waals surface area (Å²) >= 11 is 0. The number of hydrogen-bond acceptors (Lipinski definition) is 4. The minimum absolute atomic E-state index is 0.121. The van der Waals surface area contributed by atoms with Gasteiger partial charge in [-0.3, -0.25) is 4.79 Å². The van der Waals surface area contributed by atoms with Crippen molar-refractivity contribution in [1.29, 1.82) is 0 Å². The maximum atomic E-state index is 11.0. The molecule has 0 radical (unpaired) electrons. The molecule has 0 saturated heterocycles. The molecule has 0 amide bonds. The summed E-state index contributed by atoms with van der Waals surface area (Å²) in [6, 6.07) is 1.92. The smallest absolute Gasteiger partial charge is 0.303 e. The van der Waals surface area contributed by atoms with Gasteiger partial charge in [-0.25, -0.2) is 9.97 Å². The number of anilines is 1. The predicted molar refractivity (Wildman–Crippen MR) is 75.5 cm³/mol. The van der Waals surface area contributed by atoms with Crippen LogP contribution in [0.1, 0.15) is 25.7 Å². The molecule has 2 N–H and O–H groups in total. The van der Waals surface area contributed by atoms with Crippen LogP contribution < -0.4 is 5.32 Å². The number of rotatable bonds is 5. The molecule has 6 heteroatoms. The molecule has 106 valence electrons. The Bertz CT molecular complexity index is 646. The van der Waals surface area contributed by atoms with Gasteiger partial charge >= 0.3 is 5.97 Å². The van der Waals surface area contributed by atoms with Gasteiger partial charge in [-0.15, -0.1) is 0 Å². The molecule has 0 aliphatic heterocycles. The molecule has 6 nitrogen and oxygen atoms in total. The number of aryl methyl sites for hydroxylation is 1. The lowest BCUT2D eigenvalue weighted by atomic mass is 9.66. The average Bonchev–Trinajstić information content (AvgIpc) is 2.75. The van der Waals surface area contributed by atoms with E-state index in [0.29, 0.717) is 6.54 Å². The lowest BCUT2D eigenvalue weighted by molar-refractivity contribution is -0.141. The highest BCUT2D eigenvalue weighted by Crippen LogP contribution is 2.44. The first-order valence-corrected chi connectivity index (χ1v) is 6.81. The fourth-order valence-corrected chi connectivity index (χ4v) is 2.88. The number of hydrogen-bond donors (Lipinski definition) is 2. The average molecular weight is 274 g/mol. The summed E-state index contributed by atoms with van der Waals surface area (Å²) in [7, 11) is 1.94. The van der Waals surface area contributed by atoms with Crippen molar-refractivity contribution >= 4 is 22.8 Å². The van der Waals surface area contributed by atoms with Crippen LogP contribution in [-0.4, -0.2) is 32.2 Å². The quantitative estimate of drug-likeness (QED) is 0.872. The van der Waals surface area contributed by atoms with Gasteiger partial charge in [0, 0.05) is 19.8 Å². The van der Waals surface area contributed by atoms with Crippen molar-refractivity contribution in [2.45, 2.75) is 25.7 Å². The third kappa shape index (κ3) is 2.21. The Balaban J connectivity index is 1.78. The van der Waals surface area contributed by atoms with E-state index in [0.717, 1.165) is 36.1 Å². The summed E-state index contributed by atoms with van der Waals surface area (Å²) in [6.07, 6.45) is 6.76. The van der Waals surface area contributed by atoms with Gasteiger partial charge in [-0.2, -0.15) is 0 Å². The Morgan fingerprint density at radius 2 is 2.30 bits per heavy atom. The van der Waals surface area contributed by atoms with E-state index in [4.69, 9.17) is 5.11 Å². The van der Waals surface area contributed by atoms with Crippen molar-refractivity contribution in [1.82, 2.24) is 14.5 Å². The first-order valence-electron chi connectivity index (χ1n) is 6.81. The van der Waals surface area contributed by atoms with Gasteiger partial charge in [0.05, 0.1) is 18.3 Å². The van der Waals surface area contributed by atoms with Gasteiger partial charge in [0.1, 0.15) is 5.52 Å². The molecule has 1 saturated carbocycles. The third-order valence-corrected chi connectivity index (χ3v) is 4.21. The largest absolute Gasteiger partial charge is 0.481 e. The first kappa shape index (κ1) is 12.9. The minimum Gasteiger partial charge on any atom is -0.481 e. The van der Waals surface area contributed by atoms with Crippen molar-refractivity contribution in [3.05, 3.63) is 18.6 Å². The Morgan fingerprint density at radius 1 is 1.50 bits per heavy atom. The van der Waals surface area contributed by atoms with Crippen molar-refractivity contribution < 1.29 is 9.90 Å². The van der Waals surface area contributed by atoms with Crippen LogP contribution in [0.3, 0.4) is 0 Å². The van der Waals surface area contributed by atoms with Crippen molar-refractivity contribution in [3.8, 4) is 0 Å². The van der Waals surface area contributed by atoms with Crippen LogP contribution in [0.2, 0.25) is 0 Å². The van der Waals surface area contributed by atoms with Crippen LogP contribution in [0.15, 0.2) is 18.6 Å². The van der Waals surface area contributed by atoms with Gasteiger partial charge < -0.3 is 15.0 Å². The molecule has 0 atom stereocenters. The molecular formula is C14H18N4O2. The van der Waals surface area contributed by atoms with Crippen molar-refractivity contribution in [2.24, 2.45) is 12.5 Å². The zero-order valence-electron chi connectivity index (χ0n) is 11.5. The molecule has 3 rings (SSSR count). The van der Waals surface area contributed by atoms with Crippen LogP contribution in [0.4, 0.5) is 5.82 Å². The van der Waals surface area contributed by atoms with E-state index in [1.807, 2.05) is 17.7 Å². The Hall–Kier alpha value is -2.11. The number of imidazole rings is 1. The molecule has 0 unspecified atom stereocenters. The van der Waals surface area contributed by atoms with Gasteiger partial charge in [0.2, 0.25) is 0 Å². The number of carbonyl (C=O) groups is 1. The highest BCUT2D eigenvalue weighted by atomic mass is 16.4. The van der Waals surface area contributed by atoms with E-state index in [1.165, 1.54) is 0 Å². The van der Waals surface area contributed by atoms with Crippen molar-refractivity contribution in [2.75, 3.05) is 11.9 Å². The van der Waals surface area contributed by atoms with Crippen LogP contribution in [0, 0.1) is 5.41 Å². The summed E-state index contributed by atoms with van der Waals surface area (Å²) in [5.74, 6) is 0.00951.